The van der Waals surface area contributed by atoms with Crippen molar-refractivity contribution in [3.05, 3.63) is 64.4 Å². The van der Waals surface area contributed by atoms with Gasteiger partial charge in [-0.15, -0.1) is 0 Å². The quantitative estimate of drug-likeness (QED) is 0.597. The SMILES string of the molecule is CC(C)CC(=O)C1=C(O)C(=O)N(c2nc3cc(Cl)c(F)cc3s2)C1c1ccccn1. The molecule has 1 unspecified atom stereocenters. The number of carbonyl (C=O) groups is 2. The number of carbonyl (C=O) groups excluding carboxylic acids is 2. The molecule has 2 aromatic heterocycles. The molecule has 0 bridgehead atoms. The van der Waals surface area contributed by atoms with Gasteiger partial charge in [0.05, 0.1) is 26.5 Å². The number of thiazole rings is 1. The van der Waals surface area contributed by atoms with E-state index in [1.807, 2.05) is 13.8 Å². The maximum absolute atomic E-state index is 13.9. The van der Waals surface area contributed by atoms with E-state index < -0.39 is 23.5 Å². The van der Waals surface area contributed by atoms with Crippen LogP contribution in [0.25, 0.3) is 10.2 Å². The molecule has 0 saturated heterocycles. The third-order valence-corrected chi connectivity index (χ3v) is 6.00. The van der Waals surface area contributed by atoms with Gasteiger partial charge < -0.3 is 5.11 Å². The Morgan fingerprint density at radius 1 is 1.37 bits per heavy atom. The van der Waals surface area contributed by atoms with Crippen LogP contribution in [0.15, 0.2) is 47.9 Å². The number of hydrogen-bond donors (Lipinski definition) is 1. The first-order valence-corrected chi connectivity index (χ1v) is 10.4. The number of nitrogens with zero attached hydrogens (tertiary/aromatic N) is 3. The Kier molecular flexibility index (Phi) is 5.29. The van der Waals surface area contributed by atoms with Gasteiger partial charge in [-0.2, -0.15) is 0 Å². The average Bonchev–Trinajstić information content (AvgIpc) is 3.20. The standard InChI is InChI=1S/C21H17ClFN3O3S/c1-10(2)7-15(27)17-18(13-5-3-4-6-24-13)26(20(29)19(17)28)21-25-14-8-11(22)12(23)9-16(14)30-21/h3-6,8-10,18,28H,7H2,1-2H3. The normalized spacial score (nSPS) is 16.9. The molecule has 0 fully saturated rings. The first kappa shape index (κ1) is 20.4. The summed E-state index contributed by atoms with van der Waals surface area (Å²) in [6.45, 7) is 3.76. The summed E-state index contributed by atoms with van der Waals surface area (Å²) in [7, 11) is 0. The number of aromatic nitrogens is 2. The van der Waals surface area contributed by atoms with Crippen molar-refractivity contribution >= 4 is 50.0 Å². The number of ketones is 1. The highest BCUT2D eigenvalue weighted by Crippen LogP contribution is 2.43. The topological polar surface area (TPSA) is 83.4 Å². The Balaban J connectivity index is 1.86. The van der Waals surface area contributed by atoms with Crippen molar-refractivity contribution in [1.82, 2.24) is 9.97 Å². The predicted molar refractivity (Wildman–Crippen MR) is 113 cm³/mol. The van der Waals surface area contributed by atoms with Gasteiger partial charge in [0.1, 0.15) is 11.9 Å². The van der Waals surface area contributed by atoms with Crippen molar-refractivity contribution in [2.45, 2.75) is 26.3 Å². The van der Waals surface area contributed by atoms with Crippen molar-refractivity contribution in [2.24, 2.45) is 5.92 Å². The fourth-order valence-electron chi connectivity index (χ4n) is 3.40. The number of hydrogen-bond acceptors (Lipinski definition) is 6. The number of Topliss-reactive ketones (excluding diaryl/α,β-unsaturated/α-hetero) is 1. The van der Waals surface area contributed by atoms with Crippen LogP contribution in [-0.2, 0) is 9.59 Å². The lowest BCUT2D eigenvalue weighted by Gasteiger charge is -2.23. The van der Waals surface area contributed by atoms with Crippen LogP contribution < -0.4 is 4.90 Å². The molecule has 1 N–H and O–H groups in total. The number of amides is 1. The molecular formula is C21H17ClFN3O3S. The molecule has 0 saturated carbocycles. The molecule has 0 spiro atoms. The Morgan fingerprint density at radius 3 is 2.80 bits per heavy atom. The lowest BCUT2D eigenvalue weighted by Crippen LogP contribution is -2.31. The van der Waals surface area contributed by atoms with E-state index in [9.17, 15) is 19.1 Å². The second kappa shape index (κ2) is 7.77. The maximum Gasteiger partial charge on any atom is 0.296 e. The van der Waals surface area contributed by atoms with Gasteiger partial charge in [-0.25, -0.2) is 9.37 Å². The number of aliphatic hydroxyl groups excluding tert-OH is 1. The zero-order chi connectivity index (χ0) is 21.6. The molecule has 1 aliphatic rings. The molecule has 154 valence electrons. The summed E-state index contributed by atoms with van der Waals surface area (Å²) in [6.07, 6.45) is 1.72. The van der Waals surface area contributed by atoms with Crippen LogP contribution in [0.1, 0.15) is 32.0 Å². The monoisotopic (exact) mass is 445 g/mol. The van der Waals surface area contributed by atoms with Crippen LogP contribution in [0.2, 0.25) is 5.02 Å². The van der Waals surface area contributed by atoms with E-state index >= 15 is 0 Å². The van der Waals surface area contributed by atoms with Crippen molar-refractivity contribution < 1.29 is 19.1 Å². The molecule has 4 rings (SSSR count). The molecule has 6 nitrogen and oxygen atoms in total. The number of aliphatic hydroxyl groups is 1. The minimum absolute atomic E-state index is 0.00382. The lowest BCUT2D eigenvalue weighted by molar-refractivity contribution is -0.118. The molecule has 1 aromatic carbocycles. The summed E-state index contributed by atoms with van der Waals surface area (Å²) in [4.78, 5) is 35.9. The van der Waals surface area contributed by atoms with Gasteiger partial charge in [-0.05, 0) is 30.2 Å². The third kappa shape index (κ3) is 3.46. The number of benzene rings is 1. The Morgan fingerprint density at radius 2 is 2.13 bits per heavy atom. The summed E-state index contributed by atoms with van der Waals surface area (Å²) in [6, 6.07) is 6.82. The number of anilines is 1. The molecule has 0 aliphatic carbocycles. The second-order valence-electron chi connectivity index (χ2n) is 7.35. The van der Waals surface area contributed by atoms with Crippen molar-refractivity contribution in [3.63, 3.8) is 0 Å². The van der Waals surface area contributed by atoms with Gasteiger partial charge in [0.2, 0.25) is 0 Å². The number of rotatable bonds is 5. The Bertz CT molecular complexity index is 1150. The number of fused-ring (bicyclic) bond motifs is 1. The number of pyridine rings is 1. The molecule has 3 heterocycles. The van der Waals surface area contributed by atoms with Crippen LogP contribution >= 0.6 is 22.9 Å². The van der Waals surface area contributed by atoms with Crippen molar-refractivity contribution in [1.29, 1.82) is 0 Å². The third-order valence-electron chi connectivity index (χ3n) is 4.70. The van der Waals surface area contributed by atoms with E-state index in [2.05, 4.69) is 9.97 Å². The molecule has 30 heavy (non-hydrogen) atoms. The van der Waals surface area contributed by atoms with Gasteiger partial charge >= 0.3 is 0 Å². The van der Waals surface area contributed by atoms with Gasteiger partial charge in [0, 0.05) is 12.6 Å². The molecule has 1 aliphatic heterocycles. The lowest BCUT2D eigenvalue weighted by atomic mass is 9.94. The molecule has 0 radical (unpaired) electrons. The van der Waals surface area contributed by atoms with Crippen molar-refractivity contribution in [3.8, 4) is 0 Å². The van der Waals surface area contributed by atoms with Crippen LogP contribution in [0.4, 0.5) is 9.52 Å². The Labute approximate surface area is 180 Å². The highest BCUT2D eigenvalue weighted by Gasteiger charge is 2.46. The summed E-state index contributed by atoms with van der Waals surface area (Å²) in [5.74, 6) is -2.24. The van der Waals surface area contributed by atoms with Gasteiger partial charge in [0.25, 0.3) is 5.91 Å². The van der Waals surface area contributed by atoms with Crippen LogP contribution in [0.3, 0.4) is 0 Å². The fourth-order valence-corrected chi connectivity index (χ4v) is 4.56. The predicted octanol–water partition coefficient (Wildman–Crippen LogP) is 5.00. The largest absolute Gasteiger partial charge is 0.503 e. The summed E-state index contributed by atoms with van der Waals surface area (Å²) >= 11 is 6.92. The maximum atomic E-state index is 13.9. The molecule has 9 heteroatoms. The zero-order valence-corrected chi connectivity index (χ0v) is 17.7. The highest BCUT2D eigenvalue weighted by molar-refractivity contribution is 7.22. The smallest absolute Gasteiger partial charge is 0.296 e. The van der Waals surface area contributed by atoms with Crippen LogP contribution in [-0.4, -0.2) is 26.8 Å². The summed E-state index contributed by atoms with van der Waals surface area (Å²) < 4.78 is 14.4. The van der Waals surface area contributed by atoms with E-state index in [-0.39, 0.29) is 33.8 Å². The molecule has 1 amide bonds. The first-order valence-electron chi connectivity index (χ1n) is 9.24. The minimum Gasteiger partial charge on any atom is -0.503 e. The van der Waals surface area contributed by atoms with Crippen LogP contribution in [0, 0.1) is 11.7 Å². The van der Waals surface area contributed by atoms with E-state index in [1.165, 1.54) is 17.0 Å². The Hall–Kier alpha value is -2.84. The highest BCUT2D eigenvalue weighted by atomic mass is 35.5. The zero-order valence-electron chi connectivity index (χ0n) is 16.1. The van der Waals surface area contributed by atoms with Gasteiger partial charge in [-0.3, -0.25) is 19.5 Å². The van der Waals surface area contributed by atoms with Gasteiger partial charge in [-0.1, -0.05) is 42.9 Å². The summed E-state index contributed by atoms with van der Waals surface area (Å²) in [5, 5.41) is 10.7. The first-order chi connectivity index (χ1) is 14.3. The summed E-state index contributed by atoms with van der Waals surface area (Å²) in [5.41, 5.74) is 0.830. The average molecular weight is 446 g/mol. The van der Waals surface area contributed by atoms with Gasteiger partial charge in [0.15, 0.2) is 16.7 Å². The van der Waals surface area contributed by atoms with Crippen LogP contribution in [0.5, 0.6) is 0 Å². The van der Waals surface area contributed by atoms with E-state index in [4.69, 9.17) is 11.6 Å². The van der Waals surface area contributed by atoms with Crippen molar-refractivity contribution in [2.75, 3.05) is 4.90 Å². The number of halogens is 2. The molecule has 1 atom stereocenters. The van der Waals surface area contributed by atoms with E-state index in [0.29, 0.717) is 15.9 Å². The fraction of sp³-hybridized carbons (Fsp3) is 0.238. The van der Waals surface area contributed by atoms with E-state index in [0.717, 1.165) is 11.3 Å². The minimum atomic E-state index is -0.925. The molecule has 3 aromatic rings. The molecular weight excluding hydrogens is 429 g/mol. The second-order valence-corrected chi connectivity index (χ2v) is 8.76. The van der Waals surface area contributed by atoms with E-state index in [1.54, 1.807) is 24.4 Å².